The number of nitrogens with two attached hydrogens (primary N) is 1. The van der Waals surface area contributed by atoms with Crippen LogP contribution in [0.3, 0.4) is 0 Å². The second-order valence-electron chi connectivity index (χ2n) is 5.51. The third-order valence-electron chi connectivity index (χ3n) is 2.38. The molecule has 0 spiro atoms. The van der Waals surface area contributed by atoms with Gasteiger partial charge in [0.1, 0.15) is 5.60 Å². The number of ether oxygens (including phenoxy) is 1. The molecule has 0 aromatic carbocycles. The molecule has 0 saturated carbocycles. The molecule has 1 heterocycles. The lowest BCUT2D eigenvalue weighted by molar-refractivity contribution is -0.137. The van der Waals surface area contributed by atoms with Crippen LogP contribution in [0.1, 0.15) is 45.2 Å². The number of aromatic nitrogens is 2. The van der Waals surface area contributed by atoms with Crippen molar-refractivity contribution in [1.82, 2.24) is 9.97 Å². The molecule has 1 atom stereocenters. The molecule has 0 bridgehead atoms. The summed E-state index contributed by atoms with van der Waals surface area (Å²) in [4.78, 5) is 29.9. The quantitative estimate of drug-likeness (QED) is 0.754. The summed E-state index contributed by atoms with van der Waals surface area (Å²) in [6.45, 7) is 5.24. The molecule has 0 fully saturated rings. The zero-order valence-electron chi connectivity index (χ0n) is 12.3. The maximum Gasteiger partial charge on any atom is 0.414 e. The van der Waals surface area contributed by atoms with E-state index in [-0.39, 0.29) is 18.8 Å². The number of carboxylic acids is 1. The number of hydrogen-bond donors (Lipinski definition) is 3. The van der Waals surface area contributed by atoms with Gasteiger partial charge < -0.3 is 15.6 Å². The largest absolute Gasteiger partial charge is 0.481 e. The Kier molecular flexibility index (Phi) is 5.60. The van der Waals surface area contributed by atoms with Gasteiger partial charge in [-0.05, 0) is 27.2 Å². The van der Waals surface area contributed by atoms with Gasteiger partial charge >= 0.3 is 12.1 Å². The van der Waals surface area contributed by atoms with Crippen LogP contribution in [-0.4, -0.2) is 32.7 Å². The number of hydrogen-bond acceptors (Lipinski definition) is 6. The summed E-state index contributed by atoms with van der Waals surface area (Å²) >= 11 is 0. The Hall–Kier alpha value is -2.22. The molecular weight excluding hydrogens is 276 g/mol. The van der Waals surface area contributed by atoms with Gasteiger partial charge in [-0.1, -0.05) is 0 Å². The van der Waals surface area contributed by atoms with Crippen molar-refractivity contribution >= 4 is 18.0 Å². The maximum absolute atomic E-state index is 11.5. The number of carboxylic acid groups (broad SMARTS) is 1. The summed E-state index contributed by atoms with van der Waals surface area (Å²) in [7, 11) is 0. The Balaban J connectivity index is 2.57. The highest BCUT2D eigenvalue weighted by molar-refractivity contribution is 5.82. The van der Waals surface area contributed by atoms with Crippen LogP contribution < -0.4 is 11.1 Å². The number of carbonyl (C=O) groups is 2. The molecule has 4 N–H and O–H groups in total. The Bertz CT molecular complexity index is 496. The highest BCUT2D eigenvalue weighted by Crippen LogP contribution is 2.15. The van der Waals surface area contributed by atoms with E-state index < -0.39 is 23.7 Å². The molecule has 1 aromatic rings. The van der Waals surface area contributed by atoms with E-state index in [4.69, 9.17) is 15.6 Å². The number of carbonyl (C=O) groups excluding carboxylic acids is 1. The molecule has 0 saturated heterocycles. The van der Waals surface area contributed by atoms with E-state index in [2.05, 4.69) is 15.3 Å². The smallest absolute Gasteiger partial charge is 0.414 e. The van der Waals surface area contributed by atoms with Crippen molar-refractivity contribution in [3.05, 3.63) is 18.0 Å². The van der Waals surface area contributed by atoms with Gasteiger partial charge in [-0.2, -0.15) is 0 Å². The van der Waals surface area contributed by atoms with E-state index in [1.165, 1.54) is 12.4 Å². The van der Waals surface area contributed by atoms with Gasteiger partial charge in [0.15, 0.2) is 0 Å². The van der Waals surface area contributed by atoms with Gasteiger partial charge in [0.05, 0.1) is 0 Å². The van der Waals surface area contributed by atoms with E-state index in [0.717, 1.165) is 0 Å². The number of nitrogens with one attached hydrogen (secondary N) is 1. The minimum absolute atomic E-state index is 0.0287. The summed E-state index contributed by atoms with van der Waals surface area (Å²) in [6.07, 6.45) is 2.51. The molecule has 21 heavy (non-hydrogen) atoms. The van der Waals surface area contributed by atoms with Gasteiger partial charge in [-0.3, -0.25) is 10.1 Å². The lowest BCUT2D eigenvalue weighted by Gasteiger charge is -2.19. The first kappa shape index (κ1) is 16.8. The molecule has 8 nitrogen and oxygen atoms in total. The van der Waals surface area contributed by atoms with E-state index >= 15 is 0 Å². The Labute approximate surface area is 122 Å². The molecule has 0 aliphatic carbocycles. The first-order valence-electron chi connectivity index (χ1n) is 6.46. The van der Waals surface area contributed by atoms with Gasteiger partial charge in [-0.25, -0.2) is 14.8 Å². The van der Waals surface area contributed by atoms with Crippen molar-refractivity contribution in [3.63, 3.8) is 0 Å². The number of anilines is 1. The van der Waals surface area contributed by atoms with Crippen molar-refractivity contribution in [2.75, 3.05) is 5.32 Å². The highest BCUT2D eigenvalue weighted by atomic mass is 16.6. The fraction of sp³-hybridized carbons (Fsp3) is 0.538. The summed E-state index contributed by atoms with van der Waals surface area (Å²) < 4.78 is 5.06. The molecule has 116 valence electrons. The second kappa shape index (κ2) is 6.98. The fourth-order valence-corrected chi connectivity index (χ4v) is 1.43. The SMILES string of the molecule is CC(C)(C)OC(=O)Nc1ncc(C(N)CCC(=O)O)cn1. The monoisotopic (exact) mass is 296 g/mol. The van der Waals surface area contributed by atoms with Crippen molar-refractivity contribution < 1.29 is 19.4 Å². The van der Waals surface area contributed by atoms with E-state index in [9.17, 15) is 9.59 Å². The van der Waals surface area contributed by atoms with Crippen LogP contribution in [0.15, 0.2) is 12.4 Å². The Morgan fingerprint density at radius 1 is 1.38 bits per heavy atom. The molecule has 0 aliphatic rings. The minimum atomic E-state index is -0.908. The number of aliphatic carboxylic acids is 1. The molecule has 1 unspecified atom stereocenters. The molecule has 1 aromatic heterocycles. The van der Waals surface area contributed by atoms with Crippen LogP contribution in [0.5, 0.6) is 0 Å². The first-order valence-corrected chi connectivity index (χ1v) is 6.46. The van der Waals surface area contributed by atoms with E-state index in [1.54, 1.807) is 20.8 Å². The lowest BCUT2D eigenvalue weighted by Crippen LogP contribution is -2.27. The molecular formula is C13H20N4O4. The number of nitrogens with zero attached hydrogens (tertiary/aromatic N) is 2. The van der Waals surface area contributed by atoms with Crippen LogP contribution in [-0.2, 0) is 9.53 Å². The summed E-state index contributed by atoms with van der Waals surface area (Å²) in [5.41, 5.74) is 5.82. The third kappa shape index (κ3) is 6.66. The summed E-state index contributed by atoms with van der Waals surface area (Å²) in [5, 5.41) is 11.0. The second-order valence-corrected chi connectivity index (χ2v) is 5.51. The van der Waals surface area contributed by atoms with Crippen LogP contribution in [0, 0.1) is 0 Å². The normalized spacial score (nSPS) is 12.6. The molecule has 1 amide bonds. The van der Waals surface area contributed by atoms with Gasteiger partial charge in [0.2, 0.25) is 5.95 Å². The summed E-state index contributed by atoms with van der Waals surface area (Å²) in [5.74, 6) is -0.812. The average Bonchev–Trinajstić information content (AvgIpc) is 2.34. The van der Waals surface area contributed by atoms with Gasteiger partial charge in [0, 0.05) is 30.4 Å². The molecule has 0 aliphatic heterocycles. The Morgan fingerprint density at radius 3 is 2.43 bits per heavy atom. The minimum Gasteiger partial charge on any atom is -0.481 e. The summed E-state index contributed by atoms with van der Waals surface area (Å²) in [6, 6.07) is -0.461. The van der Waals surface area contributed by atoms with Crippen LogP contribution in [0.4, 0.5) is 10.7 Å². The molecule has 8 heteroatoms. The molecule has 1 rings (SSSR count). The fourth-order valence-electron chi connectivity index (χ4n) is 1.43. The zero-order chi connectivity index (χ0) is 16.0. The third-order valence-corrected chi connectivity index (χ3v) is 2.38. The predicted molar refractivity (Wildman–Crippen MR) is 75.7 cm³/mol. The van der Waals surface area contributed by atoms with Crippen LogP contribution >= 0.6 is 0 Å². The zero-order valence-corrected chi connectivity index (χ0v) is 12.3. The predicted octanol–water partition coefficient (Wildman–Crippen LogP) is 1.69. The highest BCUT2D eigenvalue weighted by Gasteiger charge is 2.17. The topological polar surface area (TPSA) is 127 Å². The van der Waals surface area contributed by atoms with E-state index in [0.29, 0.717) is 5.56 Å². The Morgan fingerprint density at radius 2 is 1.95 bits per heavy atom. The van der Waals surface area contributed by atoms with Crippen molar-refractivity contribution in [2.24, 2.45) is 5.73 Å². The van der Waals surface area contributed by atoms with E-state index in [1.807, 2.05) is 0 Å². The van der Waals surface area contributed by atoms with Crippen LogP contribution in [0.25, 0.3) is 0 Å². The van der Waals surface area contributed by atoms with Crippen LogP contribution in [0.2, 0.25) is 0 Å². The maximum atomic E-state index is 11.5. The number of amides is 1. The standard InChI is InChI=1S/C13H20N4O4/c1-13(2,3)21-12(20)17-11-15-6-8(7-16-11)9(14)4-5-10(18)19/h6-7,9H,4-5,14H2,1-3H3,(H,18,19)(H,15,16,17,20). The van der Waals surface area contributed by atoms with Gasteiger partial charge in [-0.15, -0.1) is 0 Å². The first-order chi connectivity index (χ1) is 9.67. The van der Waals surface area contributed by atoms with Crippen molar-refractivity contribution in [3.8, 4) is 0 Å². The lowest BCUT2D eigenvalue weighted by atomic mass is 10.1. The number of rotatable bonds is 5. The van der Waals surface area contributed by atoms with Crippen molar-refractivity contribution in [1.29, 1.82) is 0 Å². The van der Waals surface area contributed by atoms with Crippen molar-refractivity contribution in [2.45, 2.75) is 45.3 Å². The van der Waals surface area contributed by atoms with Gasteiger partial charge in [0.25, 0.3) is 0 Å². The molecule has 0 radical (unpaired) electrons. The average molecular weight is 296 g/mol.